The summed E-state index contributed by atoms with van der Waals surface area (Å²) in [7, 11) is 0. The van der Waals surface area contributed by atoms with E-state index in [2.05, 4.69) is 5.32 Å². The molecule has 1 aliphatic rings. The van der Waals surface area contributed by atoms with Crippen LogP contribution in [0.25, 0.3) is 0 Å². The Kier molecular flexibility index (Phi) is 5.60. The molecule has 1 aromatic carbocycles. The van der Waals surface area contributed by atoms with Gasteiger partial charge in [0.05, 0.1) is 6.04 Å². The number of aliphatic carboxylic acids is 1. The zero-order chi connectivity index (χ0) is 17.0. The quantitative estimate of drug-likeness (QED) is 0.698. The van der Waals surface area contributed by atoms with E-state index in [1.807, 2.05) is 26.0 Å². The van der Waals surface area contributed by atoms with Crippen LogP contribution in [-0.2, 0) is 16.0 Å². The van der Waals surface area contributed by atoms with Crippen LogP contribution in [0.4, 0.5) is 11.4 Å². The summed E-state index contributed by atoms with van der Waals surface area (Å²) in [5, 5.41) is 12.2. The number of benzene rings is 1. The standard InChI is InChI=1S/C17H25N3O3/c1-3-11-7-8-12(10-13(11)18)19-16(21)14(4-2)20-9-5-6-15(20)17(22)23/h7-8,10,14-15H,3-6,9,18H2,1-2H3,(H,19,21)(H,22,23). The number of hydrogen-bond acceptors (Lipinski definition) is 4. The fourth-order valence-electron chi connectivity index (χ4n) is 3.22. The zero-order valence-electron chi connectivity index (χ0n) is 13.7. The number of carboxylic acid groups (broad SMARTS) is 1. The lowest BCUT2D eigenvalue weighted by atomic mass is 10.1. The third-order valence-electron chi connectivity index (χ3n) is 4.46. The molecule has 0 bridgehead atoms. The van der Waals surface area contributed by atoms with Gasteiger partial charge in [-0.2, -0.15) is 0 Å². The zero-order valence-corrected chi connectivity index (χ0v) is 13.7. The first-order chi connectivity index (χ1) is 11.0. The van der Waals surface area contributed by atoms with E-state index in [1.165, 1.54) is 0 Å². The highest BCUT2D eigenvalue weighted by molar-refractivity contribution is 5.95. The number of nitrogens with two attached hydrogens (primary N) is 1. The molecule has 1 aliphatic heterocycles. The molecule has 0 aliphatic carbocycles. The Morgan fingerprint density at radius 3 is 2.74 bits per heavy atom. The lowest BCUT2D eigenvalue weighted by Crippen LogP contribution is -2.48. The summed E-state index contributed by atoms with van der Waals surface area (Å²) in [5.41, 5.74) is 8.31. The van der Waals surface area contributed by atoms with E-state index in [4.69, 9.17) is 5.73 Å². The molecule has 0 saturated carbocycles. The number of carbonyl (C=O) groups is 2. The minimum atomic E-state index is -0.856. The number of aryl methyl sites for hydroxylation is 1. The van der Waals surface area contributed by atoms with Gasteiger partial charge in [0.25, 0.3) is 0 Å². The van der Waals surface area contributed by atoms with Gasteiger partial charge in [-0.25, -0.2) is 0 Å². The van der Waals surface area contributed by atoms with Crippen LogP contribution in [0, 0.1) is 0 Å². The van der Waals surface area contributed by atoms with Gasteiger partial charge in [0.15, 0.2) is 0 Å². The Hall–Kier alpha value is -2.08. The Labute approximate surface area is 136 Å². The van der Waals surface area contributed by atoms with Gasteiger partial charge in [-0.05, 0) is 49.9 Å². The molecule has 2 rings (SSSR count). The van der Waals surface area contributed by atoms with Gasteiger partial charge in [-0.15, -0.1) is 0 Å². The topological polar surface area (TPSA) is 95.7 Å². The lowest BCUT2D eigenvalue weighted by Gasteiger charge is -2.29. The predicted molar refractivity (Wildman–Crippen MR) is 90.3 cm³/mol. The molecule has 1 aromatic rings. The summed E-state index contributed by atoms with van der Waals surface area (Å²) < 4.78 is 0. The minimum absolute atomic E-state index is 0.177. The molecule has 2 atom stereocenters. The summed E-state index contributed by atoms with van der Waals surface area (Å²) in [6.45, 7) is 4.56. The molecule has 1 fully saturated rings. The Morgan fingerprint density at radius 2 is 2.17 bits per heavy atom. The van der Waals surface area contributed by atoms with Crippen molar-refractivity contribution in [3.63, 3.8) is 0 Å². The first kappa shape index (κ1) is 17.3. The number of carbonyl (C=O) groups excluding carboxylic acids is 1. The fourth-order valence-corrected chi connectivity index (χ4v) is 3.22. The molecule has 0 radical (unpaired) electrons. The highest BCUT2D eigenvalue weighted by Crippen LogP contribution is 2.24. The molecule has 0 aromatic heterocycles. The van der Waals surface area contributed by atoms with Gasteiger partial charge in [0.1, 0.15) is 6.04 Å². The third kappa shape index (κ3) is 3.82. The van der Waals surface area contributed by atoms with Gasteiger partial charge in [-0.1, -0.05) is 19.9 Å². The number of nitrogen functional groups attached to an aromatic ring is 1. The van der Waals surface area contributed by atoms with Crippen molar-refractivity contribution in [2.24, 2.45) is 0 Å². The van der Waals surface area contributed by atoms with Crippen LogP contribution in [0.3, 0.4) is 0 Å². The number of rotatable bonds is 6. The average molecular weight is 319 g/mol. The second kappa shape index (κ2) is 7.46. The van der Waals surface area contributed by atoms with Crippen molar-refractivity contribution in [2.45, 2.75) is 51.6 Å². The van der Waals surface area contributed by atoms with Gasteiger partial charge < -0.3 is 16.2 Å². The number of likely N-dealkylation sites (tertiary alicyclic amines) is 1. The smallest absolute Gasteiger partial charge is 0.320 e. The first-order valence-corrected chi connectivity index (χ1v) is 8.15. The van der Waals surface area contributed by atoms with Gasteiger partial charge in [-0.3, -0.25) is 14.5 Å². The molecule has 1 amide bonds. The summed E-state index contributed by atoms with van der Waals surface area (Å²) >= 11 is 0. The van der Waals surface area contributed by atoms with Gasteiger partial charge in [0.2, 0.25) is 5.91 Å². The van der Waals surface area contributed by atoms with E-state index in [-0.39, 0.29) is 5.91 Å². The van der Waals surface area contributed by atoms with Crippen LogP contribution in [0.2, 0.25) is 0 Å². The summed E-state index contributed by atoms with van der Waals surface area (Å²) in [6.07, 6.45) is 2.81. The number of hydrogen-bond donors (Lipinski definition) is 3. The molecule has 6 heteroatoms. The number of amides is 1. The van der Waals surface area contributed by atoms with E-state index in [0.717, 1.165) is 18.4 Å². The van der Waals surface area contributed by atoms with Gasteiger partial charge >= 0.3 is 5.97 Å². The van der Waals surface area contributed by atoms with Crippen molar-refractivity contribution in [1.82, 2.24) is 4.90 Å². The van der Waals surface area contributed by atoms with Crippen LogP contribution in [0.5, 0.6) is 0 Å². The van der Waals surface area contributed by atoms with Crippen molar-refractivity contribution in [1.29, 1.82) is 0 Å². The lowest BCUT2D eigenvalue weighted by molar-refractivity contribution is -0.143. The average Bonchev–Trinajstić information content (AvgIpc) is 2.97. The first-order valence-electron chi connectivity index (χ1n) is 8.15. The van der Waals surface area contributed by atoms with Crippen LogP contribution in [0.1, 0.15) is 38.7 Å². The van der Waals surface area contributed by atoms with E-state index >= 15 is 0 Å². The largest absolute Gasteiger partial charge is 0.480 e. The molecule has 4 N–H and O–H groups in total. The summed E-state index contributed by atoms with van der Waals surface area (Å²) in [6, 6.07) is 4.48. The predicted octanol–water partition coefficient (Wildman–Crippen LogP) is 2.10. The maximum absolute atomic E-state index is 12.6. The SMILES string of the molecule is CCc1ccc(NC(=O)C(CC)N2CCCC2C(=O)O)cc1N. The minimum Gasteiger partial charge on any atom is -0.480 e. The molecule has 1 heterocycles. The highest BCUT2D eigenvalue weighted by Gasteiger charge is 2.37. The summed E-state index contributed by atoms with van der Waals surface area (Å²) in [5.74, 6) is -1.03. The van der Waals surface area contributed by atoms with Crippen LogP contribution in [-0.4, -0.2) is 40.5 Å². The Balaban J connectivity index is 2.11. The van der Waals surface area contributed by atoms with Crippen LogP contribution < -0.4 is 11.1 Å². The fraction of sp³-hybridized carbons (Fsp3) is 0.529. The maximum atomic E-state index is 12.6. The van der Waals surface area contributed by atoms with Crippen molar-refractivity contribution in [2.75, 3.05) is 17.6 Å². The highest BCUT2D eigenvalue weighted by atomic mass is 16.4. The van der Waals surface area contributed by atoms with Crippen molar-refractivity contribution in [3.8, 4) is 0 Å². The van der Waals surface area contributed by atoms with E-state index in [0.29, 0.717) is 30.8 Å². The molecular formula is C17H25N3O3. The normalized spacial score (nSPS) is 19.5. The summed E-state index contributed by atoms with van der Waals surface area (Å²) in [4.78, 5) is 25.7. The molecule has 6 nitrogen and oxygen atoms in total. The molecule has 1 saturated heterocycles. The second-order valence-electron chi connectivity index (χ2n) is 5.91. The molecule has 0 spiro atoms. The molecular weight excluding hydrogens is 294 g/mol. The monoisotopic (exact) mass is 319 g/mol. The van der Waals surface area contributed by atoms with Crippen molar-refractivity contribution < 1.29 is 14.7 Å². The number of nitrogens with zero attached hydrogens (tertiary/aromatic N) is 1. The Bertz CT molecular complexity index is 588. The van der Waals surface area contributed by atoms with E-state index in [9.17, 15) is 14.7 Å². The van der Waals surface area contributed by atoms with Crippen molar-refractivity contribution >= 4 is 23.3 Å². The van der Waals surface area contributed by atoms with E-state index < -0.39 is 18.1 Å². The second-order valence-corrected chi connectivity index (χ2v) is 5.91. The Morgan fingerprint density at radius 1 is 1.43 bits per heavy atom. The van der Waals surface area contributed by atoms with E-state index in [1.54, 1.807) is 11.0 Å². The van der Waals surface area contributed by atoms with Crippen molar-refractivity contribution in [3.05, 3.63) is 23.8 Å². The van der Waals surface area contributed by atoms with Crippen LogP contribution >= 0.6 is 0 Å². The molecule has 23 heavy (non-hydrogen) atoms. The number of anilines is 2. The number of carboxylic acids is 1. The maximum Gasteiger partial charge on any atom is 0.320 e. The molecule has 2 unspecified atom stereocenters. The van der Waals surface area contributed by atoms with Crippen LogP contribution in [0.15, 0.2) is 18.2 Å². The number of nitrogens with one attached hydrogen (secondary N) is 1. The van der Waals surface area contributed by atoms with Gasteiger partial charge in [0, 0.05) is 11.4 Å². The third-order valence-corrected chi connectivity index (χ3v) is 4.46. The molecule has 126 valence electrons.